The largest absolute Gasteiger partial charge is 0.382 e. The van der Waals surface area contributed by atoms with E-state index in [4.69, 9.17) is 9.47 Å². The summed E-state index contributed by atoms with van der Waals surface area (Å²) >= 11 is 0. The number of nitrogens with zero attached hydrogens (tertiary/aromatic N) is 2. The summed E-state index contributed by atoms with van der Waals surface area (Å²) in [6.45, 7) is 6.63. The molecule has 17 heavy (non-hydrogen) atoms. The van der Waals surface area contributed by atoms with Crippen LogP contribution in [0, 0.1) is 6.92 Å². The summed E-state index contributed by atoms with van der Waals surface area (Å²) in [5.41, 5.74) is 1.06. The van der Waals surface area contributed by atoms with Crippen molar-refractivity contribution in [3.63, 3.8) is 0 Å². The molecule has 1 N–H and O–H groups in total. The van der Waals surface area contributed by atoms with Crippen molar-refractivity contribution < 1.29 is 9.47 Å². The monoisotopic (exact) mass is 239 g/mol. The third-order valence-electron chi connectivity index (χ3n) is 2.24. The fourth-order valence-electron chi connectivity index (χ4n) is 1.40. The summed E-state index contributed by atoms with van der Waals surface area (Å²) in [5, 5.41) is 3.22. The third kappa shape index (κ3) is 5.60. The molecule has 0 fully saturated rings. The Bertz CT molecular complexity index is 332. The molecule has 0 bridgehead atoms. The molecule has 5 nitrogen and oxygen atoms in total. The summed E-state index contributed by atoms with van der Waals surface area (Å²) in [5.74, 6) is 1.66. The first-order valence-electron chi connectivity index (χ1n) is 5.91. The maximum absolute atomic E-state index is 5.35. The predicted molar refractivity (Wildman–Crippen MR) is 67.3 cm³/mol. The molecule has 0 amide bonds. The molecule has 0 radical (unpaired) electrons. The molecule has 96 valence electrons. The molecule has 1 aromatic heterocycles. The minimum absolute atomic E-state index is 0.626. The fraction of sp³-hybridized carbons (Fsp3) is 0.667. The number of ether oxygens (including phenoxy) is 2. The quantitative estimate of drug-likeness (QED) is 0.695. The van der Waals surface area contributed by atoms with Crippen LogP contribution in [-0.4, -0.2) is 43.4 Å². The Kier molecular flexibility index (Phi) is 6.50. The average Bonchev–Trinajstić information content (AvgIpc) is 2.33. The van der Waals surface area contributed by atoms with E-state index < -0.39 is 0 Å². The van der Waals surface area contributed by atoms with E-state index in [0.29, 0.717) is 19.8 Å². The lowest BCUT2D eigenvalue weighted by Crippen LogP contribution is -2.13. The maximum atomic E-state index is 5.35. The molecule has 1 rings (SSSR count). The first-order valence-corrected chi connectivity index (χ1v) is 5.91. The van der Waals surface area contributed by atoms with Gasteiger partial charge in [-0.15, -0.1) is 0 Å². The van der Waals surface area contributed by atoms with Crippen LogP contribution in [0.4, 0.5) is 5.82 Å². The van der Waals surface area contributed by atoms with Crippen molar-refractivity contribution in [2.24, 2.45) is 0 Å². The van der Waals surface area contributed by atoms with Gasteiger partial charge in [0.1, 0.15) is 11.6 Å². The van der Waals surface area contributed by atoms with Gasteiger partial charge in [-0.25, -0.2) is 9.97 Å². The highest BCUT2D eigenvalue weighted by molar-refractivity contribution is 5.35. The lowest BCUT2D eigenvalue weighted by Gasteiger charge is -2.08. The van der Waals surface area contributed by atoms with Crippen LogP contribution in [0.5, 0.6) is 0 Å². The number of anilines is 1. The van der Waals surface area contributed by atoms with E-state index in [1.807, 2.05) is 13.0 Å². The van der Waals surface area contributed by atoms with Crippen molar-refractivity contribution >= 4 is 5.82 Å². The summed E-state index contributed by atoms with van der Waals surface area (Å²) in [6.07, 6.45) is 0.919. The van der Waals surface area contributed by atoms with E-state index in [9.17, 15) is 0 Å². The van der Waals surface area contributed by atoms with Gasteiger partial charge in [-0.1, -0.05) is 6.92 Å². The van der Waals surface area contributed by atoms with Crippen molar-refractivity contribution in [1.82, 2.24) is 9.97 Å². The number of hydrogen-bond donors (Lipinski definition) is 1. The second kappa shape index (κ2) is 7.97. The first kappa shape index (κ1) is 13.9. The Morgan fingerprint density at radius 3 is 2.76 bits per heavy atom. The zero-order chi connectivity index (χ0) is 12.5. The average molecular weight is 239 g/mol. The lowest BCUT2D eigenvalue weighted by atomic mass is 10.3. The van der Waals surface area contributed by atoms with Gasteiger partial charge in [-0.05, 0) is 13.3 Å². The fourth-order valence-corrected chi connectivity index (χ4v) is 1.40. The predicted octanol–water partition coefficient (Wildman–Crippen LogP) is 1.42. The molecule has 1 heterocycles. The van der Waals surface area contributed by atoms with Crippen molar-refractivity contribution in [2.75, 3.05) is 38.8 Å². The van der Waals surface area contributed by atoms with E-state index in [2.05, 4.69) is 22.2 Å². The van der Waals surface area contributed by atoms with Gasteiger partial charge in [-0.3, -0.25) is 0 Å². The second-order valence-corrected chi connectivity index (χ2v) is 3.68. The van der Waals surface area contributed by atoms with Crippen LogP contribution in [-0.2, 0) is 15.9 Å². The van der Waals surface area contributed by atoms with Crippen LogP contribution >= 0.6 is 0 Å². The van der Waals surface area contributed by atoms with Crippen LogP contribution < -0.4 is 5.32 Å². The van der Waals surface area contributed by atoms with E-state index in [0.717, 1.165) is 30.3 Å². The second-order valence-electron chi connectivity index (χ2n) is 3.68. The van der Waals surface area contributed by atoms with Crippen LogP contribution in [0.25, 0.3) is 0 Å². The molecule has 5 heteroatoms. The Labute approximate surface area is 103 Å². The number of aryl methyl sites for hydroxylation is 2. The topological polar surface area (TPSA) is 56.3 Å². The Morgan fingerprint density at radius 1 is 1.24 bits per heavy atom. The van der Waals surface area contributed by atoms with Crippen molar-refractivity contribution in [2.45, 2.75) is 20.3 Å². The summed E-state index contributed by atoms with van der Waals surface area (Å²) in [4.78, 5) is 8.64. The van der Waals surface area contributed by atoms with Gasteiger partial charge in [0.25, 0.3) is 0 Å². The lowest BCUT2D eigenvalue weighted by molar-refractivity contribution is 0.0759. The molecule has 0 spiro atoms. The molecule has 1 aromatic rings. The SMILES string of the molecule is CCc1cc(NCCOCCOC)nc(C)n1. The summed E-state index contributed by atoms with van der Waals surface area (Å²) < 4.78 is 10.2. The van der Waals surface area contributed by atoms with Crippen LogP contribution in [0.1, 0.15) is 18.4 Å². The van der Waals surface area contributed by atoms with Crippen molar-refractivity contribution in [1.29, 1.82) is 0 Å². The van der Waals surface area contributed by atoms with Gasteiger partial charge in [0, 0.05) is 25.4 Å². The number of methoxy groups -OCH3 is 1. The van der Waals surface area contributed by atoms with E-state index in [1.54, 1.807) is 7.11 Å². The van der Waals surface area contributed by atoms with Gasteiger partial charge in [0.2, 0.25) is 0 Å². The maximum Gasteiger partial charge on any atom is 0.130 e. The molecule has 0 saturated carbocycles. The summed E-state index contributed by atoms with van der Waals surface area (Å²) in [6, 6.07) is 1.97. The van der Waals surface area contributed by atoms with Crippen LogP contribution in [0.2, 0.25) is 0 Å². The highest BCUT2D eigenvalue weighted by Crippen LogP contribution is 2.06. The standard InChI is InChI=1S/C12H21N3O2/c1-4-11-9-12(15-10(2)14-11)13-5-6-17-8-7-16-3/h9H,4-8H2,1-3H3,(H,13,14,15). The van der Waals surface area contributed by atoms with E-state index in [1.165, 1.54) is 0 Å². The molecule has 0 unspecified atom stereocenters. The zero-order valence-corrected chi connectivity index (χ0v) is 10.8. The molecule has 0 aliphatic rings. The van der Waals surface area contributed by atoms with Crippen molar-refractivity contribution in [3.8, 4) is 0 Å². The van der Waals surface area contributed by atoms with E-state index >= 15 is 0 Å². The third-order valence-corrected chi connectivity index (χ3v) is 2.24. The molecule has 0 atom stereocenters. The molecule has 0 aromatic carbocycles. The van der Waals surface area contributed by atoms with Gasteiger partial charge < -0.3 is 14.8 Å². The number of hydrogen-bond acceptors (Lipinski definition) is 5. The Morgan fingerprint density at radius 2 is 2.06 bits per heavy atom. The number of rotatable bonds is 8. The highest BCUT2D eigenvalue weighted by Gasteiger charge is 1.99. The van der Waals surface area contributed by atoms with Gasteiger partial charge in [0.05, 0.1) is 19.8 Å². The number of aromatic nitrogens is 2. The molecular formula is C12H21N3O2. The van der Waals surface area contributed by atoms with Gasteiger partial charge in [-0.2, -0.15) is 0 Å². The zero-order valence-electron chi connectivity index (χ0n) is 10.8. The van der Waals surface area contributed by atoms with Crippen molar-refractivity contribution in [3.05, 3.63) is 17.6 Å². The van der Waals surface area contributed by atoms with Crippen LogP contribution in [0.3, 0.4) is 0 Å². The number of nitrogens with one attached hydrogen (secondary N) is 1. The minimum Gasteiger partial charge on any atom is -0.382 e. The Balaban J connectivity index is 2.28. The molecular weight excluding hydrogens is 218 g/mol. The van der Waals surface area contributed by atoms with Crippen LogP contribution in [0.15, 0.2) is 6.07 Å². The molecule has 0 aliphatic carbocycles. The summed E-state index contributed by atoms with van der Waals surface area (Å²) in [7, 11) is 1.66. The minimum atomic E-state index is 0.626. The van der Waals surface area contributed by atoms with E-state index in [-0.39, 0.29) is 0 Å². The molecule has 0 aliphatic heterocycles. The Hall–Kier alpha value is -1.20. The van der Waals surface area contributed by atoms with Gasteiger partial charge >= 0.3 is 0 Å². The molecule has 0 saturated heterocycles. The normalized spacial score (nSPS) is 10.5. The first-order chi connectivity index (χ1) is 8.26. The highest BCUT2D eigenvalue weighted by atomic mass is 16.5. The smallest absolute Gasteiger partial charge is 0.130 e. The van der Waals surface area contributed by atoms with Gasteiger partial charge in [0.15, 0.2) is 0 Å².